The number of nitrogens with one attached hydrogen (secondary N) is 2. The number of carbonyl (C=O) groups excluding carboxylic acids is 1. The first-order valence-corrected chi connectivity index (χ1v) is 7.04. The molecule has 0 saturated heterocycles. The van der Waals surface area contributed by atoms with Crippen LogP contribution in [0.3, 0.4) is 0 Å². The van der Waals surface area contributed by atoms with Crippen molar-refractivity contribution < 1.29 is 4.79 Å². The van der Waals surface area contributed by atoms with Crippen molar-refractivity contribution >= 4 is 11.6 Å². The molecule has 1 rings (SSSR count). The van der Waals surface area contributed by atoms with Gasteiger partial charge in [0.25, 0.3) is 5.91 Å². The van der Waals surface area contributed by atoms with Crippen LogP contribution in [0, 0.1) is 5.41 Å². The molecule has 106 valence electrons. The average molecular weight is 262 g/mol. The van der Waals surface area contributed by atoms with Crippen molar-refractivity contribution in [1.82, 2.24) is 5.32 Å². The molecule has 0 unspecified atom stereocenters. The van der Waals surface area contributed by atoms with Crippen LogP contribution in [0.15, 0.2) is 24.3 Å². The highest BCUT2D eigenvalue weighted by Gasteiger charge is 2.09. The first-order chi connectivity index (χ1) is 8.92. The van der Waals surface area contributed by atoms with E-state index in [9.17, 15) is 4.79 Å². The zero-order valence-electron chi connectivity index (χ0n) is 12.5. The molecule has 0 aliphatic rings. The van der Waals surface area contributed by atoms with Crippen LogP contribution in [0.2, 0.25) is 0 Å². The maximum absolute atomic E-state index is 11.8. The summed E-state index contributed by atoms with van der Waals surface area (Å²) in [6, 6.07) is 7.67. The van der Waals surface area contributed by atoms with E-state index in [1.807, 2.05) is 31.2 Å². The topological polar surface area (TPSA) is 41.1 Å². The summed E-state index contributed by atoms with van der Waals surface area (Å²) in [5.41, 5.74) is 2.05. The van der Waals surface area contributed by atoms with E-state index in [2.05, 4.69) is 31.4 Å². The minimum Gasteiger partial charge on any atom is -0.385 e. The lowest BCUT2D eigenvalue weighted by molar-refractivity contribution is 0.0953. The number of rotatable bonds is 6. The smallest absolute Gasteiger partial charge is 0.251 e. The van der Waals surface area contributed by atoms with Gasteiger partial charge in [0.2, 0.25) is 0 Å². The molecule has 1 amide bonds. The fraction of sp³-hybridized carbons (Fsp3) is 0.562. The van der Waals surface area contributed by atoms with E-state index in [0.717, 1.165) is 31.6 Å². The summed E-state index contributed by atoms with van der Waals surface area (Å²) in [6.45, 7) is 10.4. The molecule has 0 saturated carbocycles. The van der Waals surface area contributed by atoms with Gasteiger partial charge in [0, 0.05) is 24.3 Å². The number of amides is 1. The first-order valence-electron chi connectivity index (χ1n) is 7.04. The number of anilines is 1. The molecule has 1 aromatic carbocycles. The van der Waals surface area contributed by atoms with Gasteiger partial charge >= 0.3 is 0 Å². The number of hydrogen-bond acceptors (Lipinski definition) is 2. The number of carbonyl (C=O) groups is 1. The highest BCUT2D eigenvalue weighted by molar-refractivity contribution is 5.95. The number of benzene rings is 1. The van der Waals surface area contributed by atoms with E-state index in [-0.39, 0.29) is 5.91 Å². The lowest BCUT2D eigenvalue weighted by Crippen LogP contribution is -2.24. The summed E-state index contributed by atoms with van der Waals surface area (Å²) in [5, 5.41) is 6.26. The van der Waals surface area contributed by atoms with Crippen LogP contribution < -0.4 is 10.6 Å². The molecule has 0 aliphatic heterocycles. The van der Waals surface area contributed by atoms with Gasteiger partial charge in [-0.2, -0.15) is 0 Å². The van der Waals surface area contributed by atoms with Gasteiger partial charge in [-0.15, -0.1) is 0 Å². The van der Waals surface area contributed by atoms with Gasteiger partial charge in [-0.3, -0.25) is 4.79 Å². The van der Waals surface area contributed by atoms with Crippen molar-refractivity contribution in [3.63, 3.8) is 0 Å². The minimum atomic E-state index is 0.00122. The molecule has 2 N–H and O–H groups in total. The van der Waals surface area contributed by atoms with Crippen LogP contribution >= 0.6 is 0 Å². The van der Waals surface area contributed by atoms with Gasteiger partial charge in [0.05, 0.1) is 0 Å². The molecule has 0 aliphatic carbocycles. The summed E-state index contributed by atoms with van der Waals surface area (Å²) in [7, 11) is 0. The largest absolute Gasteiger partial charge is 0.385 e. The molecule has 0 atom stereocenters. The standard InChI is InChI=1S/C16H26N2O/c1-5-10-18-15(19)13-7-6-8-14(12-13)17-11-9-16(2,3)4/h6-8,12,17H,5,9-11H2,1-4H3,(H,18,19). The van der Waals surface area contributed by atoms with Crippen LogP contribution in [0.1, 0.15) is 50.9 Å². The third-order valence-electron chi connectivity index (χ3n) is 2.86. The van der Waals surface area contributed by atoms with Crippen molar-refractivity contribution in [3.8, 4) is 0 Å². The summed E-state index contributed by atoms with van der Waals surface area (Å²) in [6.07, 6.45) is 2.05. The molecule has 3 heteroatoms. The summed E-state index contributed by atoms with van der Waals surface area (Å²) in [4.78, 5) is 11.8. The van der Waals surface area contributed by atoms with Crippen LogP contribution in [-0.2, 0) is 0 Å². The molecule has 0 radical (unpaired) electrons. The lowest BCUT2D eigenvalue weighted by Gasteiger charge is -2.18. The van der Waals surface area contributed by atoms with Crippen LogP contribution in [0.4, 0.5) is 5.69 Å². The SMILES string of the molecule is CCCNC(=O)c1cccc(NCCC(C)(C)C)c1. The third-order valence-corrected chi connectivity index (χ3v) is 2.86. The first kappa shape index (κ1) is 15.5. The van der Waals surface area contributed by atoms with Gasteiger partial charge in [0.1, 0.15) is 0 Å². The molecule has 1 aromatic rings. The van der Waals surface area contributed by atoms with E-state index in [1.165, 1.54) is 0 Å². The Morgan fingerprint density at radius 2 is 1.95 bits per heavy atom. The predicted octanol–water partition coefficient (Wildman–Crippen LogP) is 3.67. The summed E-state index contributed by atoms with van der Waals surface area (Å²) >= 11 is 0. The molecule has 0 fully saturated rings. The van der Waals surface area contributed by atoms with E-state index >= 15 is 0 Å². The van der Waals surface area contributed by atoms with Crippen molar-refractivity contribution in [3.05, 3.63) is 29.8 Å². The number of hydrogen-bond donors (Lipinski definition) is 2. The second kappa shape index (κ2) is 7.17. The zero-order valence-corrected chi connectivity index (χ0v) is 12.5. The third kappa shape index (κ3) is 6.27. The van der Waals surface area contributed by atoms with Gasteiger partial charge in [-0.1, -0.05) is 33.8 Å². The van der Waals surface area contributed by atoms with E-state index in [1.54, 1.807) is 0 Å². The quantitative estimate of drug-likeness (QED) is 0.821. The molecule has 19 heavy (non-hydrogen) atoms. The fourth-order valence-corrected chi connectivity index (χ4v) is 1.69. The maximum Gasteiger partial charge on any atom is 0.251 e. The lowest BCUT2D eigenvalue weighted by atomic mass is 9.92. The van der Waals surface area contributed by atoms with E-state index in [0.29, 0.717) is 11.0 Å². The van der Waals surface area contributed by atoms with Gasteiger partial charge in [0.15, 0.2) is 0 Å². The highest BCUT2D eigenvalue weighted by atomic mass is 16.1. The second-order valence-electron chi connectivity index (χ2n) is 6.07. The summed E-state index contributed by atoms with van der Waals surface area (Å²) < 4.78 is 0. The molecule has 0 heterocycles. The fourth-order valence-electron chi connectivity index (χ4n) is 1.69. The molecule has 0 aromatic heterocycles. The van der Waals surface area contributed by atoms with Crippen LogP contribution in [0.5, 0.6) is 0 Å². The highest BCUT2D eigenvalue weighted by Crippen LogP contribution is 2.19. The Morgan fingerprint density at radius 3 is 2.58 bits per heavy atom. The Balaban J connectivity index is 2.54. The Bertz CT molecular complexity index is 407. The Labute approximate surface area is 116 Å². The second-order valence-corrected chi connectivity index (χ2v) is 6.07. The van der Waals surface area contributed by atoms with E-state index in [4.69, 9.17) is 0 Å². The maximum atomic E-state index is 11.8. The summed E-state index contributed by atoms with van der Waals surface area (Å²) in [5.74, 6) is 0.00122. The zero-order chi connectivity index (χ0) is 14.3. The van der Waals surface area contributed by atoms with Crippen LogP contribution in [0.25, 0.3) is 0 Å². The van der Waals surface area contributed by atoms with Gasteiger partial charge in [-0.05, 0) is 36.5 Å². The normalized spacial score (nSPS) is 11.2. The Kier molecular flexibility index (Phi) is 5.87. The molecule has 0 bridgehead atoms. The van der Waals surface area contributed by atoms with Gasteiger partial charge in [-0.25, -0.2) is 0 Å². The van der Waals surface area contributed by atoms with Gasteiger partial charge < -0.3 is 10.6 Å². The monoisotopic (exact) mass is 262 g/mol. The van der Waals surface area contributed by atoms with Crippen molar-refractivity contribution in [1.29, 1.82) is 0 Å². The molecule has 0 spiro atoms. The molecular weight excluding hydrogens is 236 g/mol. The Hall–Kier alpha value is -1.51. The molecular formula is C16H26N2O. The van der Waals surface area contributed by atoms with Crippen molar-refractivity contribution in [2.45, 2.75) is 40.5 Å². The molecule has 3 nitrogen and oxygen atoms in total. The Morgan fingerprint density at radius 1 is 1.21 bits per heavy atom. The van der Waals surface area contributed by atoms with Crippen LogP contribution in [-0.4, -0.2) is 19.0 Å². The van der Waals surface area contributed by atoms with Crippen molar-refractivity contribution in [2.75, 3.05) is 18.4 Å². The van der Waals surface area contributed by atoms with E-state index < -0.39 is 0 Å². The average Bonchev–Trinajstić information content (AvgIpc) is 2.35. The predicted molar refractivity (Wildman–Crippen MR) is 81.6 cm³/mol. The van der Waals surface area contributed by atoms with Crippen molar-refractivity contribution in [2.24, 2.45) is 5.41 Å². The minimum absolute atomic E-state index is 0.00122.